The van der Waals surface area contributed by atoms with Crippen molar-refractivity contribution in [1.82, 2.24) is 15.2 Å². The minimum atomic E-state index is -0.624. The number of halogens is 2. The van der Waals surface area contributed by atoms with Crippen LogP contribution in [0.15, 0.2) is 23.3 Å². The number of phenolic OH excluding ortho intramolecular Hbond substituents is 1. The van der Waals surface area contributed by atoms with Crippen molar-refractivity contribution in [3.63, 3.8) is 0 Å². The van der Waals surface area contributed by atoms with Gasteiger partial charge in [-0.2, -0.15) is 9.78 Å². The molecular weight excluding hydrogens is 544 g/mol. The second-order valence-corrected chi connectivity index (χ2v) is 7.09. The lowest BCUT2D eigenvalue weighted by Crippen LogP contribution is -2.24. The van der Waals surface area contributed by atoms with Crippen LogP contribution in [0.4, 0.5) is 5.82 Å². The average Bonchev–Trinajstić information content (AvgIpc) is 2.85. The zero-order valence-corrected chi connectivity index (χ0v) is 16.5. The third kappa shape index (κ3) is 4.62. The zero-order chi connectivity index (χ0) is 17.9. The van der Waals surface area contributed by atoms with Crippen LogP contribution in [0.2, 0.25) is 0 Å². The first-order valence-electron chi connectivity index (χ1n) is 6.46. The van der Waals surface area contributed by atoms with E-state index in [9.17, 15) is 20.0 Å². The normalized spacial score (nSPS) is 11.0. The van der Waals surface area contributed by atoms with Gasteiger partial charge in [-0.25, -0.2) is 5.43 Å². The topological polar surface area (TPSA) is 123 Å². The van der Waals surface area contributed by atoms with E-state index in [0.717, 1.165) is 3.57 Å². The van der Waals surface area contributed by atoms with Gasteiger partial charge in [-0.15, -0.1) is 0 Å². The summed E-state index contributed by atoms with van der Waals surface area (Å²) in [7, 11) is 0. The highest BCUT2D eigenvalue weighted by Gasteiger charge is 2.17. The van der Waals surface area contributed by atoms with Crippen molar-refractivity contribution in [2.75, 3.05) is 0 Å². The van der Waals surface area contributed by atoms with E-state index < -0.39 is 10.8 Å². The predicted octanol–water partition coefficient (Wildman–Crippen LogP) is 2.16. The van der Waals surface area contributed by atoms with Crippen LogP contribution in [0.1, 0.15) is 11.3 Å². The molecule has 1 aromatic heterocycles. The molecule has 11 heteroatoms. The van der Waals surface area contributed by atoms with E-state index in [1.165, 1.54) is 17.0 Å². The van der Waals surface area contributed by atoms with Gasteiger partial charge in [-0.1, -0.05) is 0 Å². The molecule has 0 fully saturated rings. The molecule has 0 radical (unpaired) electrons. The molecule has 126 valence electrons. The highest BCUT2D eigenvalue weighted by Crippen LogP contribution is 2.25. The van der Waals surface area contributed by atoms with E-state index in [1.54, 1.807) is 19.1 Å². The molecule has 2 aromatic rings. The van der Waals surface area contributed by atoms with Gasteiger partial charge in [0.2, 0.25) is 0 Å². The van der Waals surface area contributed by atoms with E-state index in [4.69, 9.17) is 0 Å². The molecule has 0 aliphatic heterocycles. The summed E-state index contributed by atoms with van der Waals surface area (Å²) in [6, 6.07) is 4.80. The fraction of sp³-hybridized carbons (Fsp3) is 0.154. The third-order valence-electron chi connectivity index (χ3n) is 2.90. The maximum atomic E-state index is 11.8. The number of amides is 1. The van der Waals surface area contributed by atoms with Gasteiger partial charge in [0.15, 0.2) is 0 Å². The largest absolute Gasteiger partial charge is 0.506 e. The predicted molar refractivity (Wildman–Crippen MR) is 103 cm³/mol. The van der Waals surface area contributed by atoms with Crippen LogP contribution in [0.3, 0.4) is 0 Å². The van der Waals surface area contributed by atoms with Gasteiger partial charge in [0.1, 0.15) is 12.3 Å². The summed E-state index contributed by atoms with van der Waals surface area (Å²) in [6.07, 6.45) is 1.33. The first-order valence-corrected chi connectivity index (χ1v) is 8.62. The first kappa shape index (κ1) is 18.6. The van der Waals surface area contributed by atoms with Crippen LogP contribution in [0.5, 0.6) is 5.75 Å². The number of nitro groups is 1. The summed E-state index contributed by atoms with van der Waals surface area (Å²) < 4.78 is 2.81. The van der Waals surface area contributed by atoms with Crippen LogP contribution in [0.25, 0.3) is 0 Å². The minimum Gasteiger partial charge on any atom is -0.506 e. The second-order valence-electron chi connectivity index (χ2n) is 4.68. The van der Waals surface area contributed by atoms with Crippen molar-refractivity contribution >= 4 is 63.1 Å². The number of phenols is 1. The Hall–Kier alpha value is -1.77. The molecule has 2 rings (SSSR count). The monoisotopic (exact) mass is 555 g/mol. The Labute approximate surface area is 163 Å². The smallest absolute Gasteiger partial charge is 0.390 e. The van der Waals surface area contributed by atoms with Crippen molar-refractivity contribution in [3.8, 4) is 5.75 Å². The molecule has 2 N–H and O–H groups in total. The molecule has 0 aliphatic rings. The van der Waals surface area contributed by atoms with Crippen LogP contribution in [0, 0.1) is 24.2 Å². The standard InChI is InChI=1S/C13H11I2N5O4/c1-7-2-11(20(23)24)18-19(7)6-12(21)17-16-5-8-3-9(14)4-10(15)13(8)22/h2-5,22H,6H2,1H3,(H,17,21). The van der Waals surface area contributed by atoms with Crippen molar-refractivity contribution in [3.05, 3.63) is 46.7 Å². The SMILES string of the molecule is Cc1cc([N+](=O)[O-])nn1CC(=O)NN=Cc1cc(I)cc(I)c1O. The Kier molecular flexibility index (Phi) is 6.09. The maximum absolute atomic E-state index is 11.8. The molecule has 1 amide bonds. The van der Waals surface area contributed by atoms with E-state index in [-0.39, 0.29) is 18.1 Å². The van der Waals surface area contributed by atoms with E-state index >= 15 is 0 Å². The van der Waals surface area contributed by atoms with Gasteiger partial charge in [0, 0.05) is 9.13 Å². The van der Waals surface area contributed by atoms with Gasteiger partial charge < -0.3 is 15.2 Å². The van der Waals surface area contributed by atoms with Crippen molar-refractivity contribution in [1.29, 1.82) is 0 Å². The number of hydrogen-bond donors (Lipinski definition) is 2. The first-order chi connectivity index (χ1) is 11.3. The molecule has 0 saturated heterocycles. The van der Waals surface area contributed by atoms with Crippen LogP contribution < -0.4 is 5.43 Å². The number of aromatic nitrogens is 2. The number of carbonyl (C=O) groups excluding carboxylic acids is 1. The van der Waals surface area contributed by atoms with E-state index in [0.29, 0.717) is 14.8 Å². The van der Waals surface area contributed by atoms with Gasteiger partial charge in [-0.05, 0) is 69.2 Å². The maximum Gasteiger partial charge on any atom is 0.390 e. The van der Waals surface area contributed by atoms with Crippen molar-refractivity contribution in [2.24, 2.45) is 5.10 Å². The molecule has 0 bridgehead atoms. The fourth-order valence-corrected chi connectivity index (χ4v) is 3.66. The lowest BCUT2D eigenvalue weighted by molar-refractivity contribution is -0.389. The number of aryl methyl sites for hydroxylation is 1. The summed E-state index contributed by atoms with van der Waals surface area (Å²) in [5.74, 6) is -0.734. The van der Waals surface area contributed by atoms with Gasteiger partial charge in [0.25, 0.3) is 5.91 Å². The number of nitrogens with one attached hydrogen (secondary N) is 1. The Morgan fingerprint density at radius 1 is 1.50 bits per heavy atom. The quantitative estimate of drug-likeness (QED) is 0.254. The number of benzene rings is 1. The number of nitrogens with zero attached hydrogens (tertiary/aromatic N) is 4. The molecule has 0 atom stereocenters. The molecule has 0 saturated carbocycles. The lowest BCUT2D eigenvalue weighted by atomic mass is 10.2. The molecule has 0 spiro atoms. The van der Waals surface area contributed by atoms with Crippen LogP contribution in [-0.2, 0) is 11.3 Å². The van der Waals surface area contributed by atoms with Crippen LogP contribution >= 0.6 is 45.2 Å². The second kappa shape index (κ2) is 7.87. The number of aromatic hydroxyl groups is 1. The Morgan fingerprint density at radius 3 is 2.83 bits per heavy atom. The van der Waals surface area contributed by atoms with E-state index in [1.807, 2.05) is 22.6 Å². The molecule has 0 aliphatic carbocycles. The highest BCUT2D eigenvalue weighted by atomic mass is 127. The molecule has 0 unspecified atom stereocenters. The number of rotatable bonds is 5. The summed E-state index contributed by atoms with van der Waals surface area (Å²) in [6.45, 7) is 1.41. The number of carbonyl (C=O) groups is 1. The van der Waals surface area contributed by atoms with Crippen molar-refractivity contribution < 1.29 is 14.8 Å². The molecule has 1 aromatic carbocycles. The summed E-state index contributed by atoms with van der Waals surface area (Å²) in [5, 5.41) is 28.1. The summed E-state index contributed by atoms with van der Waals surface area (Å²) >= 11 is 4.10. The minimum absolute atomic E-state index is 0.0764. The Balaban J connectivity index is 2.02. The van der Waals surface area contributed by atoms with Crippen LogP contribution in [-0.4, -0.2) is 31.9 Å². The molecule has 9 nitrogen and oxygen atoms in total. The Morgan fingerprint density at radius 2 is 2.21 bits per heavy atom. The summed E-state index contributed by atoms with van der Waals surface area (Å²) in [5.41, 5.74) is 3.26. The zero-order valence-electron chi connectivity index (χ0n) is 12.2. The highest BCUT2D eigenvalue weighted by molar-refractivity contribution is 14.1. The lowest BCUT2D eigenvalue weighted by Gasteiger charge is -2.03. The summed E-state index contributed by atoms with van der Waals surface area (Å²) in [4.78, 5) is 21.9. The Bertz CT molecular complexity index is 834. The van der Waals surface area contributed by atoms with Gasteiger partial charge in [0.05, 0.1) is 26.6 Å². The molecule has 24 heavy (non-hydrogen) atoms. The van der Waals surface area contributed by atoms with Crippen molar-refractivity contribution in [2.45, 2.75) is 13.5 Å². The third-order valence-corrected chi connectivity index (χ3v) is 4.34. The number of hydrazone groups is 1. The van der Waals surface area contributed by atoms with Gasteiger partial charge in [-0.3, -0.25) is 4.79 Å². The fourth-order valence-electron chi connectivity index (χ4n) is 1.77. The molecule has 1 heterocycles. The average molecular weight is 555 g/mol. The molecular formula is C13H11I2N5O4. The van der Waals surface area contributed by atoms with Gasteiger partial charge >= 0.3 is 5.82 Å². The van der Waals surface area contributed by atoms with E-state index in [2.05, 4.69) is 38.2 Å². The number of hydrogen-bond acceptors (Lipinski definition) is 6.